The van der Waals surface area contributed by atoms with Crippen molar-refractivity contribution >= 4 is 63.3 Å². The lowest BCUT2D eigenvalue weighted by molar-refractivity contribution is -0.150. The first-order valence-corrected chi connectivity index (χ1v) is 19.4. The summed E-state index contributed by atoms with van der Waals surface area (Å²) in [5, 5.41) is 19.8. The van der Waals surface area contributed by atoms with Crippen LogP contribution in [0.5, 0.6) is 28.7 Å². The second-order valence-corrected chi connectivity index (χ2v) is 14.3. The number of urea groups is 1. The molecule has 0 radical (unpaired) electrons. The number of ether oxygens (including phenoxy) is 6. The van der Waals surface area contributed by atoms with Crippen molar-refractivity contribution in [3.8, 4) is 28.7 Å². The topological polar surface area (TPSA) is 171 Å². The van der Waals surface area contributed by atoms with Crippen LogP contribution in [0, 0.1) is 0 Å². The fourth-order valence-corrected chi connectivity index (χ4v) is 6.02. The first kappa shape index (κ1) is 42.2. The van der Waals surface area contributed by atoms with Crippen LogP contribution >= 0.6 is 11.9 Å². The molecule has 15 heteroatoms. The molecule has 1 aromatic heterocycles. The molecule has 5 rings (SSSR count). The third-order valence-electron chi connectivity index (χ3n) is 8.54. The molecule has 5 N–H and O–H groups in total. The third-order valence-corrected chi connectivity index (χ3v) is 8.96. The van der Waals surface area contributed by atoms with Crippen molar-refractivity contribution < 1.29 is 43.1 Å². The molecule has 0 bridgehead atoms. The van der Waals surface area contributed by atoms with E-state index in [1.54, 1.807) is 44.7 Å². The van der Waals surface area contributed by atoms with Gasteiger partial charge in [-0.15, -0.1) is 0 Å². The van der Waals surface area contributed by atoms with Crippen LogP contribution in [0.1, 0.15) is 33.3 Å². The molecule has 0 saturated carbocycles. The molecule has 0 aliphatic rings. The minimum atomic E-state index is -1.02. The molecule has 1 atom stereocenters. The number of nitrogens with zero attached hydrogens (tertiary/aromatic N) is 1. The van der Waals surface area contributed by atoms with Gasteiger partial charge in [0.1, 0.15) is 35.4 Å². The highest BCUT2D eigenvalue weighted by Gasteiger charge is 2.21. The van der Waals surface area contributed by atoms with E-state index in [1.807, 2.05) is 60.9 Å². The van der Waals surface area contributed by atoms with Crippen molar-refractivity contribution in [3.05, 3.63) is 90.6 Å². The highest BCUT2D eigenvalue weighted by atomic mass is 32.2. The number of carboxylic acid groups (broad SMARTS) is 1. The van der Waals surface area contributed by atoms with E-state index in [4.69, 9.17) is 33.5 Å². The van der Waals surface area contributed by atoms with E-state index in [-0.39, 0.29) is 31.8 Å². The molecule has 302 valence electrons. The minimum absolute atomic E-state index is 0.163. The van der Waals surface area contributed by atoms with E-state index in [2.05, 4.69) is 46.4 Å². The highest BCUT2D eigenvalue weighted by molar-refractivity contribution is 7.99. The van der Waals surface area contributed by atoms with E-state index in [9.17, 15) is 9.59 Å². The van der Waals surface area contributed by atoms with Gasteiger partial charge >= 0.3 is 12.0 Å². The SMILES string of the molecule is COc1cc(Nc2cc(Oc3ccc(NC(=O)Nc4cc(C(C)(C)C)cc(NSC)c4OC)c4ccccc34)ccn2)cc(OCCOCCOC(C)C(=O)O)c1. The van der Waals surface area contributed by atoms with Crippen LogP contribution in [-0.2, 0) is 19.7 Å². The Morgan fingerprint density at radius 2 is 1.53 bits per heavy atom. The van der Waals surface area contributed by atoms with Gasteiger partial charge in [0.15, 0.2) is 11.9 Å². The number of fused-ring (bicyclic) bond motifs is 1. The van der Waals surface area contributed by atoms with Gasteiger partial charge in [0.2, 0.25) is 0 Å². The number of benzene rings is 4. The fraction of sp³-hybridized carbons (Fsp3) is 0.310. The Hall–Kier alpha value is -5.90. The lowest BCUT2D eigenvalue weighted by Crippen LogP contribution is -2.22. The zero-order valence-corrected chi connectivity index (χ0v) is 33.9. The van der Waals surface area contributed by atoms with Gasteiger partial charge in [-0.1, -0.05) is 57.0 Å². The van der Waals surface area contributed by atoms with Crippen LogP contribution in [0.2, 0.25) is 0 Å². The summed E-state index contributed by atoms with van der Waals surface area (Å²) in [4.78, 5) is 28.8. The second-order valence-electron chi connectivity index (χ2n) is 13.7. The molecule has 14 nitrogen and oxygen atoms in total. The van der Waals surface area contributed by atoms with Crippen LogP contribution in [0.15, 0.2) is 85.1 Å². The van der Waals surface area contributed by atoms with E-state index in [0.717, 1.165) is 22.0 Å². The first-order chi connectivity index (χ1) is 27.4. The quantitative estimate of drug-likeness (QED) is 0.0396. The van der Waals surface area contributed by atoms with E-state index >= 15 is 0 Å². The maximum absolute atomic E-state index is 13.5. The Kier molecular flexibility index (Phi) is 14.7. The van der Waals surface area contributed by atoms with Crippen molar-refractivity contribution in [2.45, 2.75) is 39.2 Å². The number of amides is 2. The van der Waals surface area contributed by atoms with Gasteiger partial charge in [-0.3, -0.25) is 0 Å². The lowest BCUT2D eigenvalue weighted by Gasteiger charge is -2.24. The van der Waals surface area contributed by atoms with Crippen molar-refractivity contribution in [1.82, 2.24) is 4.98 Å². The number of carbonyl (C=O) groups is 2. The molecular formula is C42H49N5O9S. The predicted octanol–water partition coefficient (Wildman–Crippen LogP) is 9.30. The Balaban J connectivity index is 1.26. The molecule has 5 aromatic rings. The average Bonchev–Trinajstić information content (AvgIpc) is 3.18. The monoisotopic (exact) mass is 799 g/mol. The van der Waals surface area contributed by atoms with Gasteiger partial charge in [-0.25, -0.2) is 14.6 Å². The van der Waals surface area contributed by atoms with Crippen LogP contribution in [-0.4, -0.2) is 75.1 Å². The molecule has 0 fully saturated rings. The molecule has 4 aromatic carbocycles. The van der Waals surface area contributed by atoms with Gasteiger partial charge in [0.25, 0.3) is 0 Å². The number of aromatic nitrogens is 1. The molecule has 1 heterocycles. The maximum Gasteiger partial charge on any atom is 0.332 e. The van der Waals surface area contributed by atoms with Crippen LogP contribution in [0.4, 0.5) is 33.4 Å². The number of pyridine rings is 1. The second kappa shape index (κ2) is 19.8. The smallest absolute Gasteiger partial charge is 0.332 e. The van der Waals surface area contributed by atoms with E-state index < -0.39 is 18.1 Å². The number of hydrogen-bond donors (Lipinski definition) is 5. The number of carboxylic acids is 1. The average molecular weight is 800 g/mol. The minimum Gasteiger partial charge on any atom is -0.497 e. The van der Waals surface area contributed by atoms with Gasteiger partial charge in [0, 0.05) is 53.2 Å². The maximum atomic E-state index is 13.5. The van der Waals surface area contributed by atoms with Crippen LogP contribution < -0.4 is 39.6 Å². The zero-order valence-electron chi connectivity index (χ0n) is 33.1. The standard InChI is InChI=1S/C42H49N5O9S/c1-26(40(48)49)54-18-16-53-17-19-55-31-23-28(22-30(24-31)51-5)44-38-25-29(14-15-43-38)56-37-13-12-34(32-10-8-9-11-33(32)37)45-41(50)46-35-20-27(42(2,3)4)21-36(47-57-7)39(35)52-6/h8-15,20-26,47H,16-19H2,1-7H3,(H,43,44)(H,48,49)(H2,45,46,50). The number of methoxy groups -OCH3 is 2. The molecule has 1 unspecified atom stereocenters. The number of carbonyl (C=O) groups excluding carboxylic acids is 1. The number of rotatable bonds is 19. The Morgan fingerprint density at radius 3 is 2.25 bits per heavy atom. The summed E-state index contributed by atoms with van der Waals surface area (Å²) < 4.78 is 37.4. The van der Waals surface area contributed by atoms with E-state index in [0.29, 0.717) is 51.6 Å². The summed E-state index contributed by atoms with van der Waals surface area (Å²) in [6.07, 6.45) is 2.67. The van der Waals surface area contributed by atoms with Crippen molar-refractivity contribution in [1.29, 1.82) is 0 Å². The molecule has 0 saturated heterocycles. The summed E-state index contributed by atoms with van der Waals surface area (Å²) in [5.74, 6) is 2.27. The Bertz CT molecular complexity index is 2160. The molecule has 0 aliphatic heterocycles. The molecule has 57 heavy (non-hydrogen) atoms. The highest BCUT2D eigenvalue weighted by Crippen LogP contribution is 2.40. The van der Waals surface area contributed by atoms with E-state index in [1.165, 1.54) is 18.9 Å². The third kappa shape index (κ3) is 11.8. The number of aliphatic carboxylic acids is 1. The van der Waals surface area contributed by atoms with Crippen molar-refractivity contribution in [3.63, 3.8) is 0 Å². The van der Waals surface area contributed by atoms with Crippen LogP contribution in [0.3, 0.4) is 0 Å². The predicted molar refractivity (Wildman–Crippen MR) is 225 cm³/mol. The summed E-state index contributed by atoms with van der Waals surface area (Å²) in [5.41, 5.74) is 3.45. The molecule has 0 spiro atoms. The summed E-state index contributed by atoms with van der Waals surface area (Å²) in [6.45, 7) is 8.75. The lowest BCUT2D eigenvalue weighted by atomic mass is 9.86. The van der Waals surface area contributed by atoms with Gasteiger partial charge in [-0.2, -0.15) is 0 Å². The number of anilines is 5. The zero-order chi connectivity index (χ0) is 41.0. The molecule has 0 aliphatic carbocycles. The Morgan fingerprint density at radius 1 is 0.807 bits per heavy atom. The number of nitrogens with one attached hydrogen (secondary N) is 4. The molecular weight excluding hydrogens is 751 g/mol. The summed E-state index contributed by atoms with van der Waals surface area (Å²) in [6, 6.07) is 23.7. The molecule has 2 amide bonds. The Labute approximate surface area is 336 Å². The van der Waals surface area contributed by atoms with Crippen LogP contribution in [0.25, 0.3) is 10.8 Å². The fourth-order valence-electron chi connectivity index (χ4n) is 5.64. The summed E-state index contributed by atoms with van der Waals surface area (Å²) in [7, 11) is 3.14. The largest absolute Gasteiger partial charge is 0.497 e. The van der Waals surface area contributed by atoms with Gasteiger partial charge in [-0.05, 0) is 48.2 Å². The van der Waals surface area contributed by atoms with Crippen molar-refractivity contribution in [2.24, 2.45) is 0 Å². The van der Waals surface area contributed by atoms with Crippen molar-refractivity contribution in [2.75, 3.05) is 67.6 Å². The van der Waals surface area contributed by atoms with Gasteiger partial charge < -0.3 is 54.2 Å². The van der Waals surface area contributed by atoms with Gasteiger partial charge in [0.05, 0.1) is 51.1 Å². The summed E-state index contributed by atoms with van der Waals surface area (Å²) >= 11 is 1.44. The normalized spacial score (nSPS) is 11.7. The first-order valence-electron chi connectivity index (χ1n) is 18.1. The number of hydrogen-bond acceptors (Lipinski definition) is 12.